The summed E-state index contributed by atoms with van der Waals surface area (Å²) in [6, 6.07) is 14.2. The predicted molar refractivity (Wildman–Crippen MR) is 214 cm³/mol. The van der Waals surface area contributed by atoms with Crippen LogP contribution in [0.3, 0.4) is 0 Å². The number of aryl methyl sites for hydroxylation is 9. The molecule has 6 rings (SSSR count). The fraction of sp³-hybridized carbons (Fsp3) is 0.200. The molecule has 0 nitrogen and oxygen atoms in total. The molecule has 0 N–H and O–H groups in total. The second kappa shape index (κ2) is 17.9. The van der Waals surface area contributed by atoms with Crippen molar-refractivity contribution >= 4 is 46.9 Å². The van der Waals surface area contributed by atoms with E-state index in [9.17, 15) is 65.9 Å². The second-order valence-electron chi connectivity index (χ2n) is 15.4. The Balaban J connectivity index is 0.000000238. The molecule has 0 saturated carbocycles. The van der Waals surface area contributed by atoms with E-state index in [0.29, 0.717) is 0 Å². The van der Waals surface area contributed by atoms with Crippen molar-refractivity contribution in [3.8, 4) is 0 Å². The van der Waals surface area contributed by atoms with Gasteiger partial charge in [-0.25, -0.2) is 65.9 Å². The topological polar surface area (TPSA) is 0 Å². The third-order valence-corrected chi connectivity index (χ3v) is 14.6. The molecule has 0 aliphatic rings. The molecule has 17 heteroatoms. The minimum Gasteiger partial charge on any atom is -0.207 e. The first-order valence-electron chi connectivity index (χ1n) is 18.6. The van der Waals surface area contributed by atoms with Crippen LogP contribution in [-0.4, -0.2) is 6.71 Å². The maximum Gasteiger partial charge on any atom is 0.200 e. The summed E-state index contributed by atoms with van der Waals surface area (Å²) >= 11 is 0. The lowest BCUT2D eigenvalue weighted by atomic mass is 9.36. The molecule has 0 amide bonds. The molecular weight excluding hydrogens is 867 g/mol. The van der Waals surface area contributed by atoms with Crippen molar-refractivity contribution in [1.82, 2.24) is 0 Å². The van der Waals surface area contributed by atoms with Gasteiger partial charge in [0.1, 0.15) is 58.7 Å². The molecule has 0 fully saturated rings. The van der Waals surface area contributed by atoms with Crippen molar-refractivity contribution in [3.63, 3.8) is 0 Å². The SMILES string of the molecule is Cc1cc(C)c([PH+](c2c(C)cc(C)cc2C)c2c(C)cc(C)cc2C)c(C)c1.Fc1c(F)c(F)c([BH-](c2c(F)c(F)c(F)c(F)c2F)c2c(F)c(F)c(F)c(F)c2F)c(F)c1F. The van der Waals surface area contributed by atoms with E-state index >= 15 is 0 Å². The first-order valence-corrected chi connectivity index (χ1v) is 20.1. The molecule has 0 saturated heterocycles. The fourth-order valence-electron chi connectivity index (χ4n) is 8.51. The molecule has 0 aliphatic heterocycles. The third kappa shape index (κ3) is 8.22. The lowest BCUT2D eigenvalue weighted by molar-refractivity contribution is 0.380. The molecule has 0 aliphatic carbocycles. The standard InChI is InChI=1S/C27H33P.C18HBF15/c1-16-10-19(4)25(20(5)11-16)28(26-21(6)12-17(2)13-22(26)7)27-23(8)14-18(3)15-24(27)9;20-4-1(5(21)11(27)16(32)10(4)26)19(2-6(22)12(28)17(33)13(29)7(2)23)3-8(24)14(30)18(34)15(31)9(3)25/h10-15H,1-9H3;19H/q;-1/p+1. The Morgan fingerprint density at radius 1 is 0.258 bits per heavy atom. The number of rotatable bonds is 6. The van der Waals surface area contributed by atoms with E-state index in [1.165, 1.54) is 50.1 Å². The Morgan fingerprint density at radius 2 is 0.403 bits per heavy atom. The lowest BCUT2D eigenvalue weighted by Gasteiger charge is -2.30. The molecule has 0 aromatic heterocycles. The molecule has 6 aromatic rings. The Bertz CT molecular complexity index is 2360. The smallest absolute Gasteiger partial charge is 0.200 e. The van der Waals surface area contributed by atoms with Crippen molar-refractivity contribution in [2.75, 3.05) is 0 Å². The number of benzene rings is 6. The normalized spacial score (nSPS) is 11.5. The molecule has 0 spiro atoms. The summed E-state index contributed by atoms with van der Waals surface area (Å²) in [6.45, 7) is 15.3. The first kappa shape index (κ1) is 47.8. The zero-order valence-corrected chi connectivity index (χ0v) is 35.3. The average molecular weight is 903 g/mol. The Kier molecular flexibility index (Phi) is 13.8. The highest BCUT2D eigenvalue weighted by atomic mass is 31.1. The maximum absolute atomic E-state index is 14.4. The van der Waals surface area contributed by atoms with Crippen molar-refractivity contribution in [2.45, 2.75) is 62.3 Å². The zero-order chi connectivity index (χ0) is 46.7. The number of hydrogen-bond acceptors (Lipinski definition) is 0. The highest BCUT2D eigenvalue weighted by molar-refractivity contribution is 7.80. The van der Waals surface area contributed by atoms with Gasteiger partial charge in [-0.05, 0) is 95.7 Å². The molecule has 0 radical (unpaired) electrons. The second-order valence-corrected chi connectivity index (χ2v) is 17.6. The summed E-state index contributed by atoms with van der Waals surface area (Å²) in [4.78, 5) is 0. The van der Waals surface area contributed by atoms with Gasteiger partial charge in [0.15, 0.2) is 52.4 Å². The summed E-state index contributed by atoms with van der Waals surface area (Å²) in [5.74, 6) is -44.8. The van der Waals surface area contributed by atoms with E-state index in [4.69, 9.17) is 0 Å². The average Bonchev–Trinajstić information content (AvgIpc) is 3.18. The van der Waals surface area contributed by atoms with Crippen LogP contribution in [-0.2, 0) is 0 Å². The fourth-order valence-corrected chi connectivity index (χ4v) is 12.1. The molecular formula is C45H35BF15P. The van der Waals surface area contributed by atoms with Crippen molar-refractivity contribution in [3.05, 3.63) is 174 Å². The van der Waals surface area contributed by atoms with Crippen LogP contribution >= 0.6 is 7.92 Å². The van der Waals surface area contributed by atoms with Gasteiger partial charge in [0.25, 0.3) is 0 Å². The van der Waals surface area contributed by atoms with Gasteiger partial charge in [0.2, 0.25) is 0 Å². The van der Waals surface area contributed by atoms with Gasteiger partial charge in [-0.1, -0.05) is 53.1 Å². The zero-order valence-electron chi connectivity index (χ0n) is 34.3. The molecule has 0 unspecified atom stereocenters. The quantitative estimate of drug-likeness (QED) is 0.0514. The minimum absolute atomic E-state index is 1.11. The van der Waals surface area contributed by atoms with Gasteiger partial charge in [-0.2, -0.15) is 0 Å². The van der Waals surface area contributed by atoms with Crippen LogP contribution < -0.4 is 32.3 Å². The van der Waals surface area contributed by atoms with E-state index in [2.05, 4.69) is 98.7 Å². The third-order valence-electron chi connectivity index (χ3n) is 10.7. The molecule has 0 atom stereocenters. The van der Waals surface area contributed by atoms with E-state index in [-0.39, 0.29) is 0 Å². The summed E-state index contributed by atoms with van der Waals surface area (Å²) in [7, 11) is -1.11. The van der Waals surface area contributed by atoms with Crippen molar-refractivity contribution in [1.29, 1.82) is 0 Å². The van der Waals surface area contributed by atoms with Crippen LogP contribution in [0.15, 0.2) is 36.4 Å². The van der Waals surface area contributed by atoms with Crippen LogP contribution in [0.4, 0.5) is 65.9 Å². The number of halogens is 15. The van der Waals surface area contributed by atoms with Gasteiger partial charge >= 0.3 is 0 Å². The Morgan fingerprint density at radius 3 is 0.565 bits per heavy atom. The Hall–Kier alpha value is -5.24. The minimum atomic E-state index is -5.16. The van der Waals surface area contributed by atoms with E-state index < -0.39 is 118 Å². The van der Waals surface area contributed by atoms with Gasteiger partial charge in [-0.3, -0.25) is 0 Å². The lowest BCUT2D eigenvalue weighted by Crippen LogP contribution is -2.60. The van der Waals surface area contributed by atoms with Crippen LogP contribution in [0, 0.1) is 150 Å². The van der Waals surface area contributed by atoms with Gasteiger partial charge in [0, 0.05) is 0 Å². The van der Waals surface area contributed by atoms with Crippen LogP contribution in [0.25, 0.3) is 0 Å². The van der Waals surface area contributed by atoms with E-state index in [1.54, 1.807) is 15.9 Å². The molecule has 328 valence electrons. The summed E-state index contributed by atoms with van der Waals surface area (Å²) in [6.07, 6.45) is 0. The Labute approximate surface area is 348 Å². The summed E-state index contributed by atoms with van der Waals surface area (Å²) < 4.78 is 209. The predicted octanol–water partition coefficient (Wildman–Crippen LogP) is 9.97. The first-order chi connectivity index (χ1) is 28.8. The summed E-state index contributed by atoms with van der Waals surface area (Å²) in [5.41, 5.74) is 4.90. The molecule has 0 heterocycles. The van der Waals surface area contributed by atoms with E-state index in [0.717, 1.165) is 0 Å². The molecule has 0 bridgehead atoms. The maximum atomic E-state index is 14.4. The van der Waals surface area contributed by atoms with Crippen molar-refractivity contribution < 1.29 is 65.9 Å². The van der Waals surface area contributed by atoms with Crippen LogP contribution in [0.5, 0.6) is 0 Å². The van der Waals surface area contributed by atoms with Crippen LogP contribution in [0.1, 0.15) is 50.1 Å². The largest absolute Gasteiger partial charge is 0.207 e. The highest BCUT2D eigenvalue weighted by Crippen LogP contribution is 2.41. The monoisotopic (exact) mass is 902 g/mol. The number of hydrogen-bond donors (Lipinski definition) is 0. The van der Waals surface area contributed by atoms with Gasteiger partial charge in [0.05, 0.1) is 6.71 Å². The van der Waals surface area contributed by atoms with Gasteiger partial charge < -0.3 is 0 Å². The van der Waals surface area contributed by atoms with Crippen molar-refractivity contribution in [2.24, 2.45) is 0 Å². The van der Waals surface area contributed by atoms with Gasteiger partial charge in [-0.15, -0.1) is 16.4 Å². The van der Waals surface area contributed by atoms with Crippen LogP contribution in [0.2, 0.25) is 0 Å². The molecule has 62 heavy (non-hydrogen) atoms. The summed E-state index contributed by atoms with van der Waals surface area (Å²) in [5, 5.41) is 4.71. The van der Waals surface area contributed by atoms with E-state index in [1.807, 2.05) is 0 Å². The highest BCUT2D eigenvalue weighted by Gasteiger charge is 2.38. The molecule has 6 aromatic carbocycles.